The van der Waals surface area contributed by atoms with Crippen molar-refractivity contribution in [2.45, 2.75) is 24.7 Å². The lowest BCUT2D eigenvalue weighted by molar-refractivity contribution is 0.146. The van der Waals surface area contributed by atoms with Gasteiger partial charge >= 0.3 is 6.09 Å². The van der Waals surface area contributed by atoms with Crippen molar-refractivity contribution >= 4 is 18.0 Å². The van der Waals surface area contributed by atoms with Crippen molar-refractivity contribution in [3.63, 3.8) is 0 Å². The van der Waals surface area contributed by atoms with Crippen molar-refractivity contribution in [2.75, 3.05) is 0 Å². The molecule has 1 amide bonds. The third kappa shape index (κ3) is 3.83. The highest BCUT2D eigenvalue weighted by molar-refractivity contribution is 7.98. The normalized spacial score (nSPS) is 14.7. The summed E-state index contributed by atoms with van der Waals surface area (Å²) >= 11 is 1.46. The van der Waals surface area contributed by atoms with Crippen molar-refractivity contribution in [2.24, 2.45) is 0 Å². The molecule has 0 heterocycles. The minimum atomic E-state index is -0.351. The number of carbonyl (C=O) groups is 1. The minimum Gasteiger partial charge on any atom is -0.444 e. The second-order valence-corrected chi connectivity index (χ2v) is 4.59. The summed E-state index contributed by atoms with van der Waals surface area (Å²) in [5.41, 5.74) is 1.00. The van der Waals surface area contributed by atoms with E-state index in [0.717, 1.165) is 5.56 Å². The maximum absolute atomic E-state index is 11.2. The first-order valence-corrected chi connectivity index (χ1v) is 5.85. The molecule has 1 aromatic carbocycles. The average Bonchev–Trinajstić information content (AvgIpc) is 3.09. The third-order valence-electron chi connectivity index (χ3n) is 2.05. The van der Waals surface area contributed by atoms with E-state index < -0.39 is 0 Å². The molecule has 1 aromatic rings. The molecule has 0 aliphatic heterocycles. The Labute approximate surface area is 93.3 Å². The van der Waals surface area contributed by atoms with Crippen LogP contribution in [0.3, 0.4) is 0 Å². The van der Waals surface area contributed by atoms with Crippen molar-refractivity contribution in [1.29, 1.82) is 0 Å². The predicted octanol–water partition coefficient (Wildman–Crippen LogP) is 2.72. The maximum atomic E-state index is 11.2. The van der Waals surface area contributed by atoms with Crippen LogP contribution in [-0.4, -0.2) is 11.3 Å². The van der Waals surface area contributed by atoms with Crippen LogP contribution in [0.2, 0.25) is 0 Å². The molecule has 2 rings (SSSR count). The monoisotopic (exact) mass is 223 g/mol. The highest BCUT2D eigenvalue weighted by atomic mass is 32.2. The van der Waals surface area contributed by atoms with Gasteiger partial charge in [-0.15, -0.1) is 0 Å². The molecule has 4 heteroatoms. The molecule has 0 unspecified atom stereocenters. The Morgan fingerprint density at radius 1 is 1.40 bits per heavy atom. The zero-order chi connectivity index (χ0) is 10.5. The number of rotatable bonds is 4. The zero-order valence-corrected chi connectivity index (χ0v) is 9.13. The average molecular weight is 223 g/mol. The summed E-state index contributed by atoms with van der Waals surface area (Å²) in [5, 5.41) is 0.606. The SMILES string of the molecule is O=C(NSC1CC1)OCc1ccccc1. The van der Waals surface area contributed by atoms with Crippen LogP contribution in [0.4, 0.5) is 4.79 Å². The first-order valence-electron chi connectivity index (χ1n) is 4.97. The molecule has 1 aliphatic rings. The summed E-state index contributed by atoms with van der Waals surface area (Å²) in [5.74, 6) is 0. The van der Waals surface area contributed by atoms with Gasteiger partial charge in [-0.25, -0.2) is 4.79 Å². The molecule has 0 bridgehead atoms. The van der Waals surface area contributed by atoms with Gasteiger partial charge in [0.25, 0.3) is 0 Å². The minimum absolute atomic E-state index is 0.331. The van der Waals surface area contributed by atoms with E-state index in [2.05, 4.69) is 4.72 Å². The Balaban J connectivity index is 1.66. The summed E-state index contributed by atoms with van der Waals surface area (Å²) in [7, 11) is 0. The Kier molecular flexibility index (Phi) is 3.50. The number of ether oxygens (including phenoxy) is 1. The van der Waals surface area contributed by atoms with Crippen molar-refractivity contribution in [3.8, 4) is 0 Å². The molecule has 15 heavy (non-hydrogen) atoms. The van der Waals surface area contributed by atoms with E-state index in [-0.39, 0.29) is 6.09 Å². The summed E-state index contributed by atoms with van der Waals surface area (Å²) in [6, 6.07) is 9.65. The van der Waals surface area contributed by atoms with Crippen LogP contribution in [0.25, 0.3) is 0 Å². The molecule has 3 nitrogen and oxygen atoms in total. The molecule has 1 N–H and O–H groups in total. The fourth-order valence-electron chi connectivity index (χ4n) is 1.07. The standard InChI is InChI=1S/C11H13NO2S/c13-11(12-15-10-6-7-10)14-8-9-4-2-1-3-5-9/h1-5,10H,6-8H2,(H,12,13). The molecule has 0 atom stereocenters. The van der Waals surface area contributed by atoms with Crippen LogP contribution in [-0.2, 0) is 11.3 Å². The van der Waals surface area contributed by atoms with Crippen LogP contribution in [0.15, 0.2) is 30.3 Å². The van der Waals surface area contributed by atoms with Crippen LogP contribution < -0.4 is 4.72 Å². The lowest BCUT2D eigenvalue weighted by Crippen LogP contribution is -2.17. The van der Waals surface area contributed by atoms with E-state index in [1.165, 1.54) is 24.8 Å². The maximum Gasteiger partial charge on any atom is 0.417 e. The van der Waals surface area contributed by atoms with Crippen molar-refractivity contribution in [3.05, 3.63) is 35.9 Å². The summed E-state index contributed by atoms with van der Waals surface area (Å²) in [4.78, 5) is 11.2. The number of hydrogen-bond acceptors (Lipinski definition) is 3. The highest BCUT2D eigenvalue weighted by Crippen LogP contribution is 2.31. The van der Waals surface area contributed by atoms with E-state index in [1.54, 1.807) is 0 Å². The van der Waals surface area contributed by atoms with Gasteiger partial charge in [0.05, 0.1) is 0 Å². The fraction of sp³-hybridized carbons (Fsp3) is 0.364. The van der Waals surface area contributed by atoms with Crippen molar-refractivity contribution in [1.82, 2.24) is 4.72 Å². The Hall–Kier alpha value is -1.16. The van der Waals surface area contributed by atoms with Gasteiger partial charge in [-0.05, 0) is 30.4 Å². The molecule has 0 radical (unpaired) electrons. The number of hydrogen-bond donors (Lipinski definition) is 1. The molecular formula is C11H13NO2S. The quantitative estimate of drug-likeness (QED) is 0.798. The van der Waals surface area contributed by atoms with Crippen LogP contribution in [0, 0.1) is 0 Å². The van der Waals surface area contributed by atoms with E-state index in [0.29, 0.717) is 11.9 Å². The number of nitrogens with one attached hydrogen (secondary N) is 1. The Bertz CT molecular complexity index is 325. The first-order chi connectivity index (χ1) is 7.34. The van der Waals surface area contributed by atoms with Gasteiger partial charge in [0, 0.05) is 5.25 Å². The topological polar surface area (TPSA) is 38.3 Å². The van der Waals surface area contributed by atoms with Crippen LogP contribution in [0.1, 0.15) is 18.4 Å². The van der Waals surface area contributed by atoms with Crippen molar-refractivity contribution < 1.29 is 9.53 Å². The van der Waals surface area contributed by atoms with Gasteiger partial charge in [-0.3, -0.25) is 4.72 Å². The molecule has 80 valence electrons. The molecule has 1 aliphatic carbocycles. The van der Waals surface area contributed by atoms with Crippen LogP contribution >= 0.6 is 11.9 Å². The first kappa shape index (κ1) is 10.4. The number of benzene rings is 1. The summed E-state index contributed by atoms with van der Waals surface area (Å²) in [6.07, 6.45) is 2.04. The van der Waals surface area contributed by atoms with Gasteiger partial charge in [0.15, 0.2) is 0 Å². The second-order valence-electron chi connectivity index (χ2n) is 3.48. The number of amides is 1. The molecule has 0 saturated heterocycles. The van der Waals surface area contributed by atoms with Crippen LogP contribution in [0.5, 0.6) is 0 Å². The van der Waals surface area contributed by atoms with Gasteiger partial charge in [-0.2, -0.15) is 0 Å². The molecular weight excluding hydrogens is 210 g/mol. The zero-order valence-electron chi connectivity index (χ0n) is 8.31. The van der Waals surface area contributed by atoms with Gasteiger partial charge in [0.2, 0.25) is 0 Å². The second kappa shape index (κ2) is 5.07. The third-order valence-corrected chi connectivity index (χ3v) is 3.14. The largest absolute Gasteiger partial charge is 0.444 e. The molecule has 0 spiro atoms. The van der Waals surface area contributed by atoms with E-state index in [9.17, 15) is 4.79 Å². The van der Waals surface area contributed by atoms with Gasteiger partial charge in [0.1, 0.15) is 6.61 Å². The van der Waals surface area contributed by atoms with Gasteiger partial charge in [-0.1, -0.05) is 30.3 Å². The molecule has 0 aromatic heterocycles. The fourth-order valence-corrected chi connectivity index (χ4v) is 1.76. The van der Waals surface area contributed by atoms with E-state index in [4.69, 9.17) is 4.74 Å². The Morgan fingerprint density at radius 3 is 2.80 bits per heavy atom. The van der Waals surface area contributed by atoms with E-state index in [1.807, 2.05) is 30.3 Å². The Morgan fingerprint density at radius 2 is 2.13 bits per heavy atom. The lowest BCUT2D eigenvalue weighted by Gasteiger charge is -2.05. The van der Waals surface area contributed by atoms with E-state index >= 15 is 0 Å². The van der Waals surface area contributed by atoms with Gasteiger partial charge < -0.3 is 4.74 Å². The smallest absolute Gasteiger partial charge is 0.417 e. The predicted molar refractivity (Wildman–Crippen MR) is 60.4 cm³/mol. The summed E-state index contributed by atoms with van der Waals surface area (Å²) in [6.45, 7) is 0.331. The lowest BCUT2D eigenvalue weighted by atomic mass is 10.2. The number of carbonyl (C=O) groups excluding carboxylic acids is 1. The highest BCUT2D eigenvalue weighted by Gasteiger charge is 2.23. The molecule has 1 fully saturated rings. The molecule has 1 saturated carbocycles. The summed E-state index contributed by atoms with van der Waals surface area (Å²) < 4.78 is 7.71.